The van der Waals surface area contributed by atoms with Crippen molar-refractivity contribution in [3.63, 3.8) is 0 Å². The summed E-state index contributed by atoms with van der Waals surface area (Å²) in [5.41, 5.74) is 2.42. The highest BCUT2D eigenvalue weighted by atomic mass is 32.2. The Labute approximate surface area is 216 Å². The summed E-state index contributed by atoms with van der Waals surface area (Å²) in [5, 5.41) is 0. The largest absolute Gasteiger partial charge is 0.468 e. The van der Waals surface area contributed by atoms with Crippen molar-refractivity contribution in [2.24, 2.45) is 4.99 Å². The molecule has 0 unspecified atom stereocenters. The van der Waals surface area contributed by atoms with Crippen LogP contribution in [0.15, 0.2) is 76.6 Å². The quantitative estimate of drug-likeness (QED) is 0.362. The second-order valence-corrected chi connectivity index (χ2v) is 11.4. The van der Waals surface area contributed by atoms with Gasteiger partial charge in [0.25, 0.3) is 5.91 Å². The van der Waals surface area contributed by atoms with Crippen LogP contribution in [-0.4, -0.2) is 42.8 Å². The number of hydrogen-bond acceptors (Lipinski definition) is 6. The minimum Gasteiger partial charge on any atom is -0.468 e. The van der Waals surface area contributed by atoms with Crippen LogP contribution < -0.4 is 4.80 Å². The minimum absolute atomic E-state index is 0.0770. The van der Waals surface area contributed by atoms with Gasteiger partial charge in [0.1, 0.15) is 12.4 Å². The van der Waals surface area contributed by atoms with Crippen molar-refractivity contribution in [2.45, 2.75) is 24.4 Å². The van der Waals surface area contributed by atoms with Crippen molar-refractivity contribution >= 4 is 43.5 Å². The van der Waals surface area contributed by atoms with Crippen molar-refractivity contribution in [2.75, 3.05) is 13.7 Å². The Morgan fingerprint density at radius 3 is 2.49 bits per heavy atom. The first kappa shape index (κ1) is 25.0. The Kier molecular flexibility index (Phi) is 6.76. The summed E-state index contributed by atoms with van der Waals surface area (Å²) in [4.78, 5) is 29.2. The normalized spacial score (nSPS) is 14.5. The number of aromatic nitrogens is 1. The lowest BCUT2D eigenvalue weighted by atomic mass is 10.0. The summed E-state index contributed by atoms with van der Waals surface area (Å²) < 4.78 is 48.9. The molecule has 0 atom stereocenters. The first-order valence-corrected chi connectivity index (χ1v) is 13.6. The van der Waals surface area contributed by atoms with Gasteiger partial charge < -0.3 is 9.30 Å². The predicted octanol–water partition coefficient (Wildman–Crippen LogP) is 3.50. The third-order valence-corrected chi connectivity index (χ3v) is 9.10. The summed E-state index contributed by atoms with van der Waals surface area (Å²) in [6.45, 7) is 0.342. The second-order valence-electron chi connectivity index (χ2n) is 8.43. The first-order valence-electron chi connectivity index (χ1n) is 11.4. The molecule has 0 spiro atoms. The maximum Gasteiger partial charge on any atom is 0.325 e. The van der Waals surface area contributed by atoms with Gasteiger partial charge >= 0.3 is 5.97 Å². The van der Waals surface area contributed by atoms with E-state index in [4.69, 9.17) is 4.74 Å². The van der Waals surface area contributed by atoms with Crippen LogP contribution in [0.3, 0.4) is 0 Å². The highest BCUT2D eigenvalue weighted by molar-refractivity contribution is 7.89. The number of carbonyl (C=O) groups is 2. The van der Waals surface area contributed by atoms with E-state index in [-0.39, 0.29) is 33.9 Å². The number of hydrogen-bond donors (Lipinski definition) is 0. The van der Waals surface area contributed by atoms with Crippen molar-refractivity contribution in [1.29, 1.82) is 0 Å². The van der Waals surface area contributed by atoms with E-state index in [0.29, 0.717) is 17.7 Å². The van der Waals surface area contributed by atoms with Gasteiger partial charge in [-0.15, -0.1) is 0 Å². The van der Waals surface area contributed by atoms with E-state index in [9.17, 15) is 22.4 Å². The highest BCUT2D eigenvalue weighted by Crippen LogP contribution is 2.25. The number of methoxy groups -OCH3 is 1. The van der Waals surface area contributed by atoms with Crippen molar-refractivity contribution < 1.29 is 27.1 Å². The van der Waals surface area contributed by atoms with Gasteiger partial charge in [-0.25, -0.2) is 12.8 Å². The van der Waals surface area contributed by atoms with Crippen LogP contribution in [0.25, 0.3) is 10.2 Å². The number of nitrogens with zero attached hydrogens (tertiary/aromatic N) is 3. The maximum absolute atomic E-state index is 14.5. The van der Waals surface area contributed by atoms with E-state index >= 15 is 0 Å². The first-order chi connectivity index (χ1) is 17.8. The molecule has 0 aliphatic carbocycles. The van der Waals surface area contributed by atoms with Crippen LogP contribution in [-0.2, 0) is 39.1 Å². The van der Waals surface area contributed by atoms with Crippen LogP contribution in [0.2, 0.25) is 0 Å². The van der Waals surface area contributed by atoms with E-state index in [1.807, 2.05) is 24.3 Å². The fourth-order valence-electron chi connectivity index (χ4n) is 4.26. The average molecular weight is 540 g/mol. The number of carbonyl (C=O) groups excluding carboxylic acids is 2. The molecule has 1 aromatic heterocycles. The van der Waals surface area contributed by atoms with E-state index in [0.717, 1.165) is 22.5 Å². The van der Waals surface area contributed by atoms with E-state index in [1.54, 1.807) is 6.07 Å². The number of halogens is 1. The van der Waals surface area contributed by atoms with Gasteiger partial charge in [-0.3, -0.25) is 9.59 Å². The van der Waals surface area contributed by atoms with Crippen LogP contribution in [0, 0.1) is 5.82 Å². The van der Waals surface area contributed by atoms with Crippen LogP contribution in [0.4, 0.5) is 4.39 Å². The Bertz CT molecular complexity index is 1690. The molecule has 3 aromatic carbocycles. The van der Waals surface area contributed by atoms with Gasteiger partial charge in [-0.05, 0) is 53.9 Å². The number of para-hydroxylation sites is 1. The van der Waals surface area contributed by atoms with Gasteiger partial charge in [-0.1, -0.05) is 41.7 Å². The third kappa shape index (κ3) is 4.85. The summed E-state index contributed by atoms with van der Waals surface area (Å²) in [6.07, 6.45) is 0.631. The van der Waals surface area contributed by atoms with Crippen molar-refractivity contribution in [3.05, 3.63) is 94.0 Å². The zero-order valence-electron chi connectivity index (χ0n) is 19.8. The molecule has 0 radical (unpaired) electrons. The molecule has 8 nitrogen and oxygen atoms in total. The molecular weight excluding hydrogens is 517 g/mol. The standard InChI is InChI=1S/C26H22FN3O5S2/c1-35-23(31)16-30-24-21(27)7-4-8-22(24)36-26(30)28-25(32)18-9-11-20(12-10-18)37(33,34)29-14-13-17-5-2-3-6-19(17)15-29/h2-12H,13-16H2,1H3. The van der Waals surface area contributed by atoms with Crippen molar-refractivity contribution in [3.8, 4) is 0 Å². The molecule has 0 fully saturated rings. The van der Waals surface area contributed by atoms with Gasteiger partial charge in [0.05, 0.1) is 22.2 Å². The lowest BCUT2D eigenvalue weighted by Gasteiger charge is -2.28. The molecule has 0 N–H and O–H groups in total. The monoisotopic (exact) mass is 539 g/mol. The zero-order chi connectivity index (χ0) is 26.2. The van der Waals surface area contributed by atoms with Crippen molar-refractivity contribution in [1.82, 2.24) is 8.87 Å². The van der Waals surface area contributed by atoms with E-state index in [1.165, 1.54) is 52.4 Å². The molecule has 5 rings (SSSR count). The number of ether oxygens (including phenoxy) is 1. The molecule has 0 saturated carbocycles. The predicted molar refractivity (Wildman–Crippen MR) is 136 cm³/mol. The number of sulfonamides is 1. The molecule has 2 heterocycles. The average Bonchev–Trinajstić information content (AvgIpc) is 3.25. The molecule has 190 valence electrons. The fourth-order valence-corrected chi connectivity index (χ4v) is 6.72. The fraction of sp³-hybridized carbons (Fsp3) is 0.192. The van der Waals surface area contributed by atoms with Crippen LogP contribution >= 0.6 is 11.3 Å². The van der Waals surface area contributed by atoms with Gasteiger partial charge in [0, 0.05) is 18.7 Å². The minimum atomic E-state index is -3.76. The Morgan fingerprint density at radius 1 is 1.03 bits per heavy atom. The molecule has 37 heavy (non-hydrogen) atoms. The summed E-state index contributed by atoms with van der Waals surface area (Å²) in [6, 6.07) is 17.8. The van der Waals surface area contributed by atoms with Gasteiger partial charge in [-0.2, -0.15) is 9.30 Å². The molecule has 1 amide bonds. The molecule has 0 bridgehead atoms. The summed E-state index contributed by atoms with van der Waals surface area (Å²) in [5.74, 6) is -1.82. The topological polar surface area (TPSA) is 98.0 Å². The molecule has 1 aliphatic heterocycles. The summed E-state index contributed by atoms with van der Waals surface area (Å²) in [7, 11) is -2.54. The zero-order valence-corrected chi connectivity index (χ0v) is 21.4. The van der Waals surface area contributed by atoms with E-state index < -0.39 is 27.7 Å². The van der Waals surface area contributed by atoms with Crippen LogP contribution in [0.1, 0.15) is 21.5 Å². The number of esters is 1. The lowest BCUT2D eigenvalue weighted by Crippen LogP contribution is -2.35. The number of thiazole rings is 1. The maximum atomic E-state index is 14.5. The highest BCUT2D eigenvalue weighted by Gasteiger charge is 2.28. The summed E-state index contributed by atoms with van der Waals surface area (Å²) >= 11 is 1.06. The molecular formula is C26H22FN3O5S2. The molecule has 11 heteroatoms. The van der Waals surface area contributed by atoms with Gasteiger partial charge in [0.2, 0.25) is 10.0 Å². The molecule has 1 aliphatic rings. The van der Waals surface area contributed by atoms with Crippen LogP contribution in [0.5, 0.6) is 0 Å². The molecule has 4 aromatic rings. The number of amides is 1. The molecule has 0 saturated heterocycles. The lowest BCUT2D eigenvalue weighted by molar-refractivity contribution is -0.141. The van der Waals surface area contributed by atoms with Gasteiger partial charge in [0.15, 0.2) is 4.80 Å². The third-order valence-electron chi connectivity index (χ3n) is 6.20. The Hall–Kier alpha value is -3.67. The number of benzene rings is 3. The van der Waals surface area contributed by atoms with E-state index in [2.05, 4.69) is 4.99 Å². The smallest absolute Gasteiger partial charge is 0.325 e. The second kappa shape index (κ2) is 10.0. The SMILES string of the molecule is COC(=O)Cn1c(=NC(=O)c2ccc(S(=O)(=O)N3CCc4ccccc4C3)cc2)sc2cccc(F)c21. The number of fused-ring (bicyclic) bond motifs is 2. The Morgan fingerprint density at radius 2 is 1.76 bits per heavy atom. The Balaban J connectivity index is 1.44. The number of rotatable bonds is 5.